The van der Waals surface area contributed by atoms with Gasteiger partial charge in [-0.1, -0.05) is 25.4 Å². The highest BCUT2D eigenvalue weighted by atomic mass is 35.5. The second-order valence-corrected chi connectivity index (χ2v) is 6.91. The number of anilines is 1. The zero-order chi connectivity index (χ0) is 17.5. The Hall–Kier alpha value is -2.08. The summed E-state index contributed by atoms with van der Waals surface area (Å²) in [7, 11) is 3.24. The van der Waals surface area contributed by atoms with E-state index in [2.05, 4.69) is 5.32 Å². The Balaban J connectivity index is 2.13. The van der Waals surface area contributed by atoms with Gasteiger partial charge < -0.3 is 15.3 Å². The Bertz CT molecular complexity index is 685. The van der Waals surface area contributed by atoms with Gasteiger partial charge in [-0.2, -0.15) is 0 Å². The molecule has 1 aromatic carbocycles. The number of hydrogen-bond donors (Lipinski definition) is 2. The fourth-order valence-electron chi connectivity index (χ4n) is 2.82. The zero-order valence-corrected chi connectivity index (χ0v) is 14.1. The number of nitrogens with zero attached hydrogens (tertiary/aromatic N) is 1. The van der Waals surface area contributed by atoms with E-state index in [4.69, 9.17) is 16.7 Å². The number of halogens is 1. The molecule has 124 valence electrons. The van der Waals surface area contributed by atoms with Crippen molar-refractivity contribution in [2.45, 2.75) is 13.8 Å². The Morgan fingerprint density at radius 2 is 1.83 bits per heavy atom. The topological polar surface area (TPSA) is 86.7 Å². The first-order valence-corrected chi connectivity index (χ1v) is 7.50. The number of nitrogens with one attached hydrogen (secondary N) is 1. The maximum Gasteiger partial charge on any atom is 0.307 e. The van der Waals surface area contributed by atoms with Crippen LogP contribution in [0.4, 0.5) is 5.69 Å². The van der Waals surface area contributed by atoms with E-state index in [1.165, 1.54) is 17.0 Å². The lowest BCUT2D eigenvalue weighted by atomic mass is 10.1. The number of rotatable bonds is 4. The molecule has 0 unspecified atom stereocenters. The van der Waals surface area contributed by atoms with Crippen LogP contribution < -0.4 is 5.32 Å². The van der Waals surface area contributed by atoms with Crippen LogP contribution in [0.2, 0.25) is 5.02 Å². The first-order chi connectivity index (χ1) is 10.6. The van der Waals surface area contributed by atoms with Crippen LogP contribution in [0.1, 0.15) is 24.2 Å². The molecule has 0 saturated heterocycles. The van der Waals surface area contributed by atoms with Crippen molar-refractivity contribution in [2.75, 3.05) is 19.4 Å². The van der Waals surface area contributed by atoms with Gasteiger partial charge in [0.05, 0.1) is 22.4 Å². The van der Waals surface area contributed by atoms with Crippen LogP contribution in [0.15, 0.2) is 18.2 Å². The van der Waals surface area contributed by atoms with E-state index in [0.29, 0.717) is 11.3 Å². The molecule has 0 aliphatic heterocycles. The van der Waals surface area contributed by atoms with Gasteiger partial charge in [0.15, 0.2) is 0 Å². The number of amides is 2. The van der Waals surface area contributed by atoms with Crippen LogP contribution in [0.3, 0.4) is 0 Å². The van der Waals surface area contributed by atoms with E-state index in [9.17, 15) is 14.4 Å². The third kappa shape index (κ3) is 3.17. The molecule has 0 radical (unpaired) electrons. The maximum absolute atomic E-state index is 12.3. The van der Waals surface area contributed by atoms with Crippen molar-refractivity contribution >= 4 is 35.1 Å². The molecule has 1 fully saturated rings. The first kappa shape index (κ1) is 17.3. The Labute approximate surface area is 139 Å². The quantitative estimate of drug-likeness (QED) is 0.882. The maximum atomic E-state index is 12.3. The minimum absolute atomic E-state index is 0.228. The van der Waals surface area contributed by atoms with Crippen LogP contribution in [-0.4, -0.2) is 41.9 Å². The molecule has 0 heterocycles. The molecule has 1 aliphatic rings. The third-order valence-electron chi connectivity index (χ3n) is 4.25. The molecule has 7 heteroatoms. The highest BCUT2D eigenvalue weighted by Crippen LogP contribution is 2.58. The minimum atomic E-state index is -0.972. The second-order valence-electron chi connectivity index (χ2n) is 6.50. The van der Waals surface area contributed by atoms with Crippen molar-refractivity contribution in [3.63, 3.8) is 0 Å². The van der Waals surface area contributed by atoms with Crippen molar-refractivity contribution < 1.29 is 19.5 Å². The van der Waals surface area contributed by atoms with Gasteiger partial charge in [0.25, 0.3) is 5.91 Å². The Morgan fingerprint density at radius 3 is 2.26 bits per heavy atom. The van der Waals surface area contributed by atoms with Crippen molar-refractivity contribution in [3.05, 3.63) is 28.8 Å². The first-order valence-electron chi connectivity index (χ1n) is 7.12. The highest BCUT2D eigenvalue weighted by molar-refractivity contribution is 6.34. The van der Waals surface area contributed by atoms with Crippen molar-refractivity contribution in [1.82, 2.24) is 4.90 Å². The van der Waals surface area contributed by atoms with E-state index in [0.717, 1.165) is 0 Å². The zero-order valence-electron chi connectivity index (χ0n) is 13.4. The summed E-state index contributed by atoms with van der Waals surface area (Å²) in [5.41, 5.74) is 0.201. The molecule has 0 spiro atoms. The molecule has 1 saturated carbocycles. The minimum Gasteiger partial charge on any atom is -0.481 e. The van der Waals surface area contributed by atoms with E-state index < -0.39 is 23.2 Å². The molecule has 2 rings (SSSR count). The number of hydrogen-bond acceptors (Lipinski definition) is 3. The fraction of sp³-hybridized carbons (Fsp3) is 0.438. The number of aliphatic carboxylic acids is 1. The lowest BCUT2D eigenvalue weighted by Gasteiger charge is -2.13. The van der Waals surface area contributed by atoms with Crippen LogP contribution in [0.5, 0.6) is 0 Å². The van der Waals surface area contributed by atoms with E-state index >= 15 is 0 Å². The molecule has 2 N–H and O–H groups in total. The Kier molecular flexibility index (Phi) is 4.39. The molecule has 6 nitrogen and oxygen atoms in total. The van der Waals surface area contributed by atoms with Crippen LogP contribution in [0, 0.1) is 17.3 Å². The van der Waals surface area contributed by atoms with Gasteiger partial charge in [0.1, 0.15) is 0 Å². The Morgan fingerprint density at radius 1 is 1.22 bits per heavy atom. The molecule has 2 amide bonds. The summed E-state index contributed by atoms with van der Waals surface area (Å²) in [5, 5.41) is 12.0. The number of carbonyl (C=O) groups excluding carboxylic acids is 2. The fourth-order valence-corrected chi connectivity index (χ4v) is 3.08. The third-order valence-corrected chi connectivity index (χ3v) is 4.56. The van der Waals surface area contributed by atoms with Crippen molar-refractivity contribution in [2.24, 2.45) is 17.3 Å². The summed E-state index contributed by atoms with van der Waals surface area (Å²) in [4.78, 5) is 36.7. The smallest absolute Gasteiger partial charge is 0.307 e. The predicted molar refractivity (Wildman–Crippen MR) is 86.5 cm³/mol. The van der Waals surface area contributed by atoms with Gasteiger partial charge in [0, 0.05) is 19.8 Å². The van der Waals surface area contributed by atoms with E-state index in [1.54, 1.807) is 34.0 Å². The summed E-state index contributed by atoms with van der Waals surface area (Å²) >= 11 is 6.09. The monoisotopic (exact) mass is 338 g/mol. The number of carboxylic acid groups (broad SMARTS) is 1. The summed E-state index contributed by atoms with van der Waals surface area (Å²) < 4.78 is 0. The lowest BCUT2D eigenvalue weighted by Crippen LogP contribution is -2.22. The van der Waals surface area contributed by atoms with Gasteiger partial charge in [-0.05, 0) is 23.6 Å². The SMILES string of the molecule is CN(C)C(=O)c1ccc(NC(=O)[C@@H]2[C@H](C(=O)O)C2(C)C)cc1Cl. The van der Waals surface area contributed by atoms with E-state index in [1.807, 2.05) is 0 Å². The summed E-state index contributed by atoms with van der Waals surface area (Å²) in [5.74, 6) is -2.83. The van der Waals surface area contributed by atoms with Crippen LogP contribution >= 0.6 is 11.6 Å². The van der Waals surface area contributed by atoms with Gasteiger partial charge in [0.2, 0.25) is 5.91 Å². The van der Waals surface area contributed by atoms with E-state index in [-0.39, 0.29) is 16.8 Å². The number of carboxylic acids is 1. The molecule has 23 heavy (non-hydrogen) atoms. The molecule has 1 aromatic rings. The average molecular weight is 339 g/mol. The summed E-state index contributed by atoms with van der Waals surface area (Å²) in [6.45, 7) is 3.50. The van der Waals surface area contributed by atoms with Crippen LogP contribution in [0.25, 0.3) is 0 Å². The number of carbonyl (C=O) groups is 3. The van der Waals surface area contributed by atoms with Crippen molar-refractivity contribution in [1.29, 1.82) is 0 Å². The highest BCUT2D eigenvalue weighted by Gasteiger charge is 2.65. The van der Waals surface area contributed by atoms with Gasteiger partial charge in [-0.15, -0.1) is 0 Å². The summed E-state index contributed by atoms with van der Waals surface area (Å²) in [6.07, 6.45) is 0. The molecule has 2 atom stereocenters. The average Bonchev–Trinajstić information content (AvgIpc) is 3.01. The molecular weight excluding hydrogens is 320 g/mol. The van der Waals surface area contributed by atoms with Gasteiger partial charge in [-0.25, -0.2) is 0 Å². The molecule has 1 aliphatic carbocycles. The predicted octanol–water partition coefficient (Wildman–Crippen LogP) is 2.34. The normalized spacial score (nSPS) is 21.4. The lowest BCUT2D eigenvalue weighted by molar-refractivity contribution is -0.140. The molecule has 0 aromatic heterocycles. The van der Waals surface area contributed by atoms with Crippen molar-refractivity contribution in [3.8, 4) is 0 Å². The molecule has 0 bridgehead atoms. The second kappa shape index (κ2) is 5.85. The standard InChI is InChI=1S/C16H19ClN2O4/c1-16(2)11(12(16)15(22)23)13(20)18-8-5-6-9(10(17)7-8)14(21)19(3)4/h5-7,11-12H,1-4H3,(H,18,20)(H,22,23)/t11-,12+/m0/s1. The molecular formula is C16H19ClN2O4. The summed E-state index contributed by atoms with van der Waals surface area (Å²) in [6, 6.07) is 4.60. The number of benzene rings is 1. The van der Waals surface area contributed by atoms with Crippen LogP contribution in [-0.2, 0) is 9.59 Å². The van der Waals surface area contributed by atoms with Gasteiger partial charge >= 0.3 is 5.97 Å². The largest absolute Gasteiger partial charge is 0.481 e. The van der Waals surface area contributed by atoms with Gasteiger partial charge in [-0.3, -0.25) is 14.4 Å².